The van der Waals surface area contributed by atoms with E-state index in [0.717, 1.165) is 26.1 Å². The van der Waals surface area contributed by atoms with Crippen molar-refractivity contribution in [2.45, 2.75) is 32.9 Å². The van der Waals surface area contributed by atoms with Gasteiger partial charge < -0.3 is 19.4 Å². The van der Waals surface area contributed by atoms with Gasteiger partial charge in [0.15, 0.2) is 0 Å². The van der Waals surface area contributed by atoms with Crippen molar-refractivity contribution in [1.29, 1.82) is 0 Å². The average molecular weight is 254 g/mol. The van der Waals surface area contributed by atoms with E-state index < -0.39 is 0 Å². The molecule has 1 N–H and O–H groups in total. The predicted molar refractivity (Wildman–Crippen MR) is 73.8 cm³/mol. The summed E-state index contributed by atoms with van der Waals surface area (Å²) in [6.07, 6.45) is 5.38. The Labute approximate surface area is 110 Å². The van der Waals surface area contributed by atoms with Crippen molar-refractivity contribution in [3.8, 4) is 0 Å². The van der Waals surface area contributed by atoms with Crippen molar-refractivity contribution in [2.75, 3.05) is 33.5 Å². The molecule has 1 heterocycles. The van der Waals surface area contributed by atoms with Crippen LogP contribution in [-0.2, 0) is 16.0 Å². The van der Waals surface area contributed by atoms with Crippen molar-refractivity contribution >= 4 is 0 Å². The lowest BCUT2D eigenvalue weighted by molar-refractivity contribution is 0.0680. The Bertz CT molecular complexity index is 312. The molecule has 4 heteroatoms. The molecule has 1 aromatic heterocycles. The van der Waals surface area contributed by atoms with Crippen LogP contribution in [0.2, 0.25) is 0 Å². The minimum atomic E-state index is 0.425. The van der Waals surface area contributed by atoms with Crippen LogP contribution in [0, 0.1) is 0 Å². The number of hydrogen-bond acceptors (Lipinski definition) is 3. The number of methoxy groups -OCH3 is 1. The molecule has 0 aliphatic rings. The van der Waals surface area contributed by atoms with E-state index in [2.05, 4.69) is 42.2 Å². The normalized spacial score (nSPS) is 12.8. The molecule has 1 rings (SSSR count). The van der Waals surface area contributed by atoms with Crippen molar-refractivity contribution < 1.29 is 9.47 Å². The van der Waals surface area contributed by atoms with E-state index in [-0.39, 0.29) is 0 Å². The molecule has 1 atom stereocenters. The van der Waals surface area contributed by atoms with Gasteiger partial charge in [-0.05, 0) is 31.5 Å². The molecule has 0 radical (unpaired) electrons. The van der Waals surface area contributed by atoms with E-state index in [1.165, 1.54) is 5.56 Å². The minimum absolute atomic E-state index is 0.425. The van der Waals surface area contributed by atoms with E-state index in [1.54, 1.807) is 7.11 Å². The molecule has 0 fully saturated rings. The summed E-state index contributed by atoms with van der Waals surface area (Å²) in [5.74, 6) is 0. The third kappa shape index (κ3) is 5.67. The molecule has 1 unspecified atom stereocenters. The van der Waals surface area contributed by atoms with Crippen molar-refractivity contribution in [3.63, 3.8) is 0 Å². The van der Waals surface area contributed by atoms with Crippen LogP contribution in [0.4, 0.5) is 0 Å². The van der Waals surface area contributed by atoms with Crippen LogP contribution in [0.25, 0.3) is 0 Å². The van der Waals surface area contributed by atoms with Gasteiger partial charge in [-0.1, -0.05) is 6.92 Å². The summed E-state index contributed by atoms with van der Waals surface area (Å²) in [6.45, 7) is 8.48. The van der Waals surface area contributed by atoms with Gasteiger partial charge in [-0.3, -0.25) is 0 Å². The Morgan fingerprint density at radius 2 is 2.17 bits per heavy atom. The maximum absolute atomic E-state index is 5.44. The van der Waals surface area contributed by atoms with Crippen LogP contribution >= 0.6 is 0 Å². The molecule has 0 amide bonds. The Morgan fingerprint density at radius 3 is 2.89 bits per heavy atom. The highest BCUT2D eigenvalue weighted by atomic mass is 16.5. The molecule has 4 nitrogen and oxygen atoms in total. The minimum Gasteiger partial charge on any atom is -0.382 e. The molecule has 0 bridgehead atoms. The van der Waals surface area contributed by atoms with Gasteiger partial charge in [0.2, 0.25) is 0 Å². The van der Waals surface area contributed by atoms with E-state index in [0.29, 0.717) is 19.3 Å². The summed E-state index contributed by atoms with van der Waals surface area (Å²) in [4.78, 5) is 0. The maximum Gasteiger partial charge on any atom is 0.0700 e. The standard InChI is InChI=1S/C14H26N2O2/c1-4-15-13(2)14-6-8-16(12-14)7-5-9-18-11-10-17-3/h6,8,12-13,15H,4-5,7,9-11H2,1-3H3. The van der Waals surface area contributed by atoms with Crippen LogP contribution < -0.4 is 5.32 Å². The van der Waals surface area contributed by atoms with Gasteiger partial charge in [0.25, 0.3) is 0 Å². The Morgan fingerprint density at radius 1 is 1.33 bits per heavy atom. The van der Waals surface area contributed by atoms with E-state index >= 15 is 0 Å². The predicted octanol–water partition coefficient (Wildman–Crippen LogP) is 2.21. The molecule has 0 aliphatic carbocycles. The zero-order valence-electron chi connectivity index (χ0n) is 11.8. The molecular weight excluding hydrogens is 228 g/mol. The summed E-state index contributed by atoms with van der Waals surface area (Å²) in [5, 5.41) is 3.41. The maximum atomic E-state index is 5.44. The number of ether oxygens (including phenoxy) is 2. The highest BCUT2D eigenvalue weighted by Gasteiger charge is 2.04. The topological polar surface area (TPSA) is 35.4 Å². The molecule has 0 spiro atoms. The molecule has 0 saturated carbocycles. The van der Waals surface area contributed by atoms with Gasteiger partial charge in [-0.25, -0.2) is 0 Å². The number of hydrogen-bond donors (Lipinski definition) is 1. The Balaban J connectivity index is 2.19. The first-order valence-corrected chi connectivity index (χ1v) is 6.73. The summed E-state index contributed by atoms with van der Waals surface area (Å²) in [7, 11) is 1.69. The second-order valence-electron chi connectivity index (χ2n) is 4.42. The summed E-state index contributed by atoms with van der Waals surface area (Å²) in [5.41, 5.74) is 1.34. The van der Waals surface area contributed by atoms with Crippen LogP contribution in [0.15, 0.2) is 18.5 Å². The zero-order valence-corrected chi connectivity index (χ0v) is 11.8. The van der Waals surface area contributed by atoms with Gasteiger partial charge in [-0.15, -0.1) is 0 Å². The fraction of sp³-hybridized carbons (Fsp3) is 0.714. The molecule has 0 aromatic carbocycles. The number of nitrogens with one attached hydrogen (secondary N) is 1. The number of aromatic nitrogens is 1. The molecule has 0 aliphatic heterocycles. The molecule has 1 aromatic rings. The summed E-state index contributed by atoms with van der Waals surface area (Å²) in [6, 6.07) is 2.60. The van der Waals surface area contributed by atoms with Crippen LogP contribution in [0.3, 0.4) is 0 Å². The number of nitrogens with zero attached hydrogens (tertiary/aromatic N) is 1. The highest BCUT2D eigenvalue weighted by Crippen LogP contribution is 2.12. The third-order valence-corrected chi connectivity index (χ3v) is 2.92. The Hall–Kier alpha value is -0.840. The quantitative estimate of drug-likeness (QED) is 0.650. The van der Waals surface area contributed by atoms with E-state index in [9.17, 15) is 0 Å². The first-order chi connectivity index (χ1) is 8.77. The van der Waals surface area contributed by atoms with Gasteiger partial charge in [0.05, 0.1) is 13.2 Å². The van der Waals surface area contributed by atoms with Gasteiger partial charge in [0, 0.05) is 38.7 Å². The fourth-order valence-electron chi connectivity index (χ4n) is 1.87. The first kappa shape index (κ1) is 15.2. The lowest BCUT2D eigenvalue weighted by Gasteiger charge is -2.10. The molecular formula is C14H26N2O2. The van der Waals surface area contributed by atoms with E-state index in [4.69, 9.17) is 9.47 Å². The lowest BCUT2D eigenvalue weighted by atomic mass is 10.2. The van der Waals surface area contributed by atoms with Gasteiger partial charge >= 0.3 is 0 Å². The largest absolute Gasteiger partial charge is 0.382 e. The lowest BCUT2D eigenvalue weighted by Crippen LogP contribution is -2.17. The monoisotopic (exact) mass is 254 g/mol. The van der Waals surface area contributed by atoms with Crippen LogP contribution in [0.5, 0.6) is 0 Å². The SMILES string of the molecule is CCNC(C)c1ccn(CCCOCCOC)c1. The number of rotatable bonds is 10. The van der Waals surface area contributed by atoms with Gasteiger partial charge in [-0.2, -0.15) is 0 Å². The van der Waals surface area contributed by atoms with E-state index in [1.807, 2.05) is 0 Å². The smallest absolute Gasteiger partial charge is 0.0700 e. The summed E-state index contributed by atoms with van der Waals surface area (Å²) < 4.78 is 12.6. The van der Waals surface area contributed by atoms with Crippen LogP contribution in [-0.4, -0.2) is 38.0 Å². The van der Waals surface area contributed by atoms with Crippen molar-refractivity contribution in [1.82, 2.24) is 9.88 Å². The zero-order chi connectivity index (χ0) is 13.2. The second-order valence-corrected chi connectivity index (χ2v) is 4.42. The highest BCUT2D eigenvalue weighted by molar-refractivity contribution is 5.14. The van der Waals surface area contributed by atoms with Crippen molar-refractivity contribution in [3.05, 3.63) is 24.0 Å². The van der Waals surface area contributed by atoms with Crippen LogP contribution in [0.1, 0.15) is 31.9 Å². The third-order valence-electron chi connectivity index (χ3n) is 2.92. The Kier molecular flexibility index (Phi) is 7.73. The molecule has 18 heavy (non-hydrogen) atoms. The number of aryl methyl sites for hydroxylation is 1. The molecule has 104 valence electrons. The second kappa shape index (κ2) is 9.14. The first-order valence-electron chi connectivity index (χ1n) is 6.73. The summed E-state index contributed by atoms with van der Waals surface area (Å²) >= 11 is 0. The van der Waals surface area contributed by atoms with Crippen molar-refractivity contribution in [2.24, 2.45) is 0 Å². The molecule has 0 saturated heterocycles. The van der Waals surface area contributed by atoms with Gasteiger partial charge in [0.1, 0.15) is 0 Å². The average Bonchev–Trinajstić information content (AvgIpc) is 2.83. The fourth-order valence-corrected chi connectivity index (χ4v) is 1.87.